The van der Waals surface area contributed by atoms with Crippen LogP contribution in [0.2, 0.25) is 0 Å². The molecule has 0 atom stereocenters. The molecule has 0 rings (SSSR count). The first kappa shape index (κ1) is 18.7. The van der Waals surface area contributed by atoms with Crippen molar-refractivity contribution < 1.29 is 4.74 Å². The molecule has 0 aromatic heterocycles. The Balaban J connectivity index is 5.28. The van der Waals surface area contributed by atoms with Crippen LogP contribution in [-0.2, 0) is 13.7 Å². The summed E-state index contributed by atoms with van der Waals surface area (Å²) in [4.78, 5) is 0. The summed E-state index contributed by atoms with van der Waals surface area (Å²) in [6, 6.07) is 0. The van der Waals surface area contributed by atoms with E-state index in [9.17, 15) is 4.78 Å². The van der Waals surface area contributed by atoms with E-state index < -0.39 is 8.96 Å². The van der Waals surface area contributed by atoms with Crippen molar-refractivity contribution in [1.82, 2.24) is 0 Å². The van der Waals surface area contributed by atoms with Crippen LogP contribution in [0, 0.1) is 4.78 Å². The van der Waals surface area contributed by atoms with E-state index in [1.807, 2.05) is 6.92 Å². The van der Waals surface area contributed by atoms with Gasteiger partial charge in [-0.1, -0.05) is 46.6 Å². The second kappa shape index (κ2) is 8.78. The van der Waals surface area contributed by atoms with Gasteiger partial charge in [-0.25, -0.2) is 0 Å². The third-order valence-electron chi connectivity index (χ3n) is 3.87. The van der Waals surface area contributed by atoms with E-state index in [0.717, 1.165) is 60.9 Å². The predicted molar refractivity (Wildman–Crippen MR) is 90.2 cm³/mol. The fourth-order valence-corrected chi connectivity index (χ4v) is 7.12. The van der Waals surface area contributed by atoms with Crippen LogP contribution >= 0.6 is 0 Å². The van der Waals surface area contributed by atoms with Crippen molar-refractivity contribution >= 4 is 8.96 Å². The molecule has 0 saturated carbocycles. The van der Waals surface area contributed by atoms with Gasteiger partial charge in [0.1, 0.15) is 5.09 Å². The highest BCUT2D eigenvalue weighted by atomic mass is 32.3. The SMILES string of the molecule is C=C(OCC)S(=N)(CCCC)(CCCC)CCCC. The molecule has 0 heterocycles. The van der Waals surface area contributed by atoms with Gasteiger partial charge in [-0.15, -0.1) is 8.96 Å². The van der Waals surface area contributed by atoms with Crippen LogP contribution in [0.15, 0.2) is 11.7 Å². The van der Waals surface area contributed by atoms with Gasteiger partial charge >= 0.3 is 0 Å². The number of rotatable bonds is 12. The zero-order valence-electron chi connectivity index (χ0n) is 13.6. The molecule has 0 amide bonds. The molecule has 0 bridgehead atoms. The van der Waals surface area contributed by atoms with Crippen molar-refractivity contribution in [3.05, 3.63) is 11.7 Å². The fourth-order valence-electron chi connectivity index (χ4n) is 2.44. The van der Waals surface area contributed by atoms with Gasteiger partial charge in [0.15, 0.2) is 0 Å². The molecule has 0 saturated heterocycles. The second-order valence-corrected chi connectivity index (χ2v) is 10.4. The van der Waals surface area contributed by atoms with Crippen LogP contribution in [0.25, 0.3) is 0 Å². The van der Waals surface area contributed by atoms with Gasteiger partial charge in [0.05, 0.1) is 6.61 Å². The van der Waals surface area contributed by atoms with Gasteiger partial charge in [-0.05, 0) is 43.4 Å². The lowest BCUT2D eigenvalue weighted by Gasteiger charge is -2.47. The molecule has 0 aliphatic rings. The van der Waals surface area contributed by atoms with Crippen molar-refractivity contribution in [1.29, 1.82) is 4.78 Å². The second-order valence-electron chi connectivity index (χ2n) is 5.56. The molecular formula is C16H35NOS. The molecule has 116 valence electrons. The first-order valence-electron chi connectivity index (χ1n) is 7.95. The van der Waals surface area contributed by atoms with E-state index in [-0.39, 0.29) is 0 Å². The summed E-state index contributed by atoms with van der Waals surface area (Å²) >= 11 is 0. The summed E-state index contributed by atoms with van der Waals surface area (Å²) in [5.74, 6) is 2.98. The molecule has 19 heavy (non-hydrogen) atoms. The quantitative estimate of drug-likeness (QED) is 0.483. The highest BCUT2D eigenvalue weighted by Gasteiger charge is 2.35. The van der Waals surface area contributed by atoms with Crippen molar-refractivity contribution in [2.75, 3.05) is 23.9 Å². The van der Waals surface area contributed by atoms with Crippen LogP contribution in [0.5, 0.6) is 0 Å². The lowest BCUT2D eigenvalue weighted by molar-refractivity contribution is 0.255. The van der Waals surface area contributed by atoms with Crippen LogP contribution < -0.4 is 0 Å². The average Bonchev–Trinajstić information content (AvgIpc) is 2.42. The Labute approximate surface area is 120 Å². The van der Waals surface area contributed by atoms with E-state index in [4.69, 9.17) is 4.74 Å². The Hall–Kier alpha value is -0.310. The minimum absolute atomic E-state index is 0.647. The molecule has 0 aliphatic heterocycles. The van der Waals surface area contributed by atoms with Gasteiger partial charge in [0.25, 0.3) is 0 Å². The maximum atomic E-state index is 9.37. The maximum Gasteiger partial charge on any atom is 0.138 e. The van der Waals surface area contributed by atoms with Crippen LogP contribution in [0.4, 0.5) is 0 Å². The zero-order valence-corrected chi connectivity index (χ0v) is 14.4. The van der Waals surface area contributed by atoms with E-state index in [2.05, 4.69) is 27.4 Å². The van der Waals surface area contributed by atoms with Gasteiger partial charge in [-0.2, -0.15) is 0 Å². The van der Waals surface area contributed by atoms with Gasteiger partial charge in [0, 0.05) is 0 Å². The van der Waals surface area contributed by atoms with Crippen molar-refractivity contribution in [2.24, 2.45) is 0 Å². The fraction of sp³-hybridized carbons (Fsp3) is 0.875. The molecule has 0 aromatic rings. The third-order valence-corrected chi connectivity index (χ3v) is 9.01. The van der Waals surface area contributed by atoms with E-state index in [1.165, 1.54) is 0 Å². The number of unbranched alkanes of at least 4 members (excludes halogenated alkanes) is 3. The number of ether oxygens (including phenoxy) is 1. The van der Waals surface area contributed by atoms with E-state index in [0.29, 0.717) is 6.61 Å². The van der Waals surface area contributed by atoms with Crippen LogP contribution in [0.1, 0.15) is 66.2 Å². The number of hydrogen-bond donors (Lipinski definition) is 1. The van der Waals surface area contributed by atoms with Crippen LogP contribution in [-0.4, -0.2) is 23.9 Å². The van der Waals surface area contributed by atoms with Crippen LogP contribution in [0.3, 0.4) is 0 Å². The molecule has 0 unspecified atom stereocenters. The first-order chi connectivity index (χ1) is 8.97. The highest BCUT2D eigenvalue weighted by molar-refractivity contribution is 8.23. The maximum absolute atomic E-state index is 9.37. The standard InChI is InChI=1S/C16H35NOS/c1-6-10-13-19(17,14-11-7-2,15-12-8-3)16(5)18-9-4/h17H,5-15H2,1-4H3. The molecule has 0 fully saturated rings. The average molecular weight is 290 g/mol. The van der Waals surface area contributed by atoms with Crippen molar-refractivity contribution in [2.45, 2.75) is 66.2 Å². The molecule has 3 heteroatoms. The molecule has 0 aliphatic carbocycles. The summed E-state index contributed by atoms with van der Waals surface area (Å²) in [6.45, 7) is 13.5. The van der Waals surface area contributed by atoms with Gasteiger partial charge in [0.2, 0.25) is 0 Å². The van der Waals surface area contributed by atoms with Gasteiger partial charge < -0.3 is 4.74 Å². The van der Waals surface area contributed by atoms with Gasteiger partial charge in [-0.3, -0.25) is 4.78 Å². The number of hydrogen-bond acceptors (Lipinski definition) is 2. The summed E-state index contributed by atoms with van der Waals surface area (Å²) < 4.78 is 15.1. The normalized spacial score (nSPS) is 13.8. The molecule has 0 aromatic carbocycles. The zero-order chi connectivity index (χ0) is 14.8. The highest BCUT2D eigenvalue weighted by Crippen LogP contribution is 2.39. The Morgan fingerprint density at radius 2 is 1.26 bits per heavy atom. The summed E-state index contributed by atoms with van der Waals surface area (Å²) in [5, 5.41) is 0.815. The Bertz CT molecular complexity index is 291. The summed E-state index contributed by atoms with van der Waals surface area (Å²) in [5.41, 5.74) is 0. The predicted octanol–water partition coefficient (Wildman–Crippen LogP) is 5.35. The first-order valence-corrected chi connectivity index (χ1v) is 10.5. The summed E-state index contributed by atoms with van der Waals surface area (Å²) in [6.07, 6.45) is 6.86. The number of nitrogens with one attached hydrogen (secondary N) is 1. The minimum atomic E-state index is -2.35. The van der Waals surface area contributed by atoms with E-state index >= 15 is 0 Å². The molecule has 1 N–H and O–H groups in total. The third kappa shape index (κ3) is 5.29. The molecule has 2 nitrogen and oxygen atoms in total. The monoisotopic (exact) mass is 289 g/mol. The Morgan fingerprint density at radius 1 is 0.895 bits per heavy atom. The smallest absolute Gasteiger partial charge is 0.138 e. The molecule has 0 radical (unpaired) electrons. The summed E-state index contributed by atoms with van der Waals surface area (Å²) in [7, 11) is -2.35. The topological polar surface area (TPSA) is 33.1 Å². The van der Waals surface area contributed by atoms with Crippen molar-refractivity contribution in [3.63, 3.8) is 0 Å². The Morgan fingerprint density at radius 3 is 1.53 bits per heavy atom. The lowest BCUT2D eigenvalue weighted by Crippen LogP contribution is -2.44. The van der Waals surface area contributed by atoms with Crippen molar-refractivity contribution in [3.8, 4) is 0 Å². The largest absolute Gasteiger partial charge is 0.489 e. The lowest BCUT2D eigenvalue weighted by atomic mass is 10.4. The Kier molecular flexibility index (Phi) is 8.64. The molecular weight excluding hydrogens is 254 g/mol. The van der Waals surface area contributed by atoms with E-state index in [1.54, 1.807) is 0 Å². The molecule has 0 spiro atoms. The minimum Gasteiger partial charge on any atom is -0.489 e.